The monoisotopic (exact) mass is 361 g/mol. The van der Waals surface area contributed by atoms with Crippen molar-refractivity contribution < 1.29 is 13.2 Å². The number of rotatable bonds is 7. The highest BCUT2D eigenvalue weighted by atomic mass is 32.2. The molecule has 3 aromatic rings. The van der Waals surface area contributed by atoms with E-state index in [4.69, 9.17) is 4.74 Å². The number of hydrogen-bond donors (Lipinski definition) is 1. The fourth-order valence-corrected chi connectivity index (χ4v) is 3.79. The van der Waals surface area contributed by atoms with Crippen LogP contribution in [0.3, 0.4) is 0 Å². The number of ether oxygens (including phenoxy) is 1. The second-order valence-corrected chi connectivity index (χ2v) is 7.56. The highest BCUT2D eigenvalue weighted by Crippen LogP contribution is 2.24. The maximum absolute atomic E-state index is 12.1. The standard InChI is InChI=1S/C16H15N3O3S2/c20-24(21,10-9-22-14-6-2-1-3-7-14)19-16-18-15(12-23-16)13-5-4-8-17-11-13/h1-8,11-12H,9-10H2,(H,18,19). The summed E-state index contributed by atoms with van der Waals surface area (Å²) in [6.07, 6.45) is 3.35. The van der Waals surface area contributed by atoms with Gasteiger partial charge < -0.3 is 4.74 Å². The predicted molar refractivity (Wildman–Crippen MR) is 94.7 cm³/mol. The van der Waals surface area contributed by atoms with Crippen molar-refractivity contribution in [1.82, 2.24) is 9.97 Å². The maximum atomic E-state index is 12.1. The van der Waals surface area contributed by atoms with E-state index in [1.54, 1.807) is 36.0 Å². The summed E-state index contributed by atoms with van der Waals surface area (Å²) >= 11 is 1.23. The number of anilines is 1. The van der Waals surface area contributed by atoms with Crippen LogP contribution in [-0.2, 0) is 10.0 Å². The minimum absolute atomic E-state index is 0.0696. The predicted octanol–water partition coefficient (Wildman–Crippen LogP) is 3.03. The van der Waals surface area contributed by atoms with Crippen LogP contribution in [0.25, 0.3) is 11.3 Å². The highest BCUT2D eigenvalue weighted by molar-refractivity contribution is 7.92. The van der Waals surface area contributed by atoms with E-state index in [0.29, 0.717) is 16.6 Å². The Kier molecular flexibility index (Phi) is 5.07. The van der Waals surface area contributed by atoms with Gasteiger partial charge in [-0.1, -0.05) is 18.2 Å². The summed E-state index contributed by atoms with van der Waals surface area (Å²) in [6.45, 7) is 0.0696. The van der Waals surface area contributed by atoms with Crippen LogP contribution in [0.15, 0.2) is 60.2 Å². The smallest absolute Gasteiger partial charge is 0.237 e. The van der Waals surface area contributed by atoms with Crippen molar-refractivity contribution in [2.24, 2.45) is 0 Å². The SMILES string of the molecule is O=S(=O)(CCOc1ccccc1)Nc1nc(-c2cccnc2)cs1. The van der Waals surface area contributed by atoms with E-state index in [-0.39, 0.29) is 12.4 Å². The number of aromatic nitrogens is 2. The molecule has 0 fully saturated rings. The van der Waals surface area contributed by atoms with Crippen LogP contribution in [0.2, 0.25) is 0 Å². The summed E-state index contributed by atoms with van der Waals surface area (Å²) in [4.78, 5) is 8.30. The van der Waals surface area contributed by atoms with Crippen molar-refractivity contribution in [2.45, 2.75) is 0 Å². The summed E-state index contributed by atoms with van der Waals surface area (Å²) in [5.41, 5.74) is 1.53. The molecular weight excluding hydrogens is 346 g/mol. The Morgan fingerprint density at radius 2 is 1.96 bits per heavy atom. The molecule has 1 aromatic carbocycles. The van der Waals surface area contributed by atoms with E-state index in [9.17, 15) is 8.42 Å². The molecule has 0 radical (unpaired) electrons. The highest BCUT2D eigenvalue weighted by Gasteiger charge is 2.14. The van der Waals surface area contributed by atoms with Gasteiger partial charge in [0.15, 0.2) is 5.13 Å². The number of pyridine rings is 1. The van der Waals surface area contributed by atoms with E-state index in [1.165, 1.54) is 11.3 Å². The molecule has 0 bridgehead atoms. The lowest BCUT2D eigenvalue weighted by Crippen LogP contribution is -2.21. The van der Waals surface area contributed by atoms with Gasteiger partial charge in [-0.2, -0.15) is 0 Å². The van der Waals surface area contributed by atoms with Crippen molar-refractivity contribution in [3.8, 4) is 17.0 Å². The van der Waals surface area contributed by atoms with Gasteiger partial charge in [0.25, 0.3) is 0 Å². The summed E-state index contributed by atoms with van der Waals surface area (Å²) < 4.78 is 32.1. The van der Waals surface area contributed by atoms with Crippen LogP contribution < -0.4 is 9.46 Å². The Hall–Kier alpha value is -2.45. The van der Waals surface area contributed by atoms with Crippen molar-refractivity contribution in [1.29, 1.82) is 0 Å². The molecular formula is C16H15N3O3S2. The second kappa shape index (κ2) is 7.41. The summed E-state index contributed by atoms with van der Waals surface area (Å²) in [6, 6.07) is 12.8. The second-order valence-electron chi connectivity index (χ2n) is 4.86. The molecule has 0 saturated heterocycles. The molecule has 3 rings (SSSR count). The Bertz CT molecular complexity index is 881. The molecule has 0 spiro atoms. The van der Waals surface area contributed by atoms with Gasteiger partial charge in [0, 0.05) is 23.3 Å². The average Bonchev–Trinajstić information content (AvgIpc) is 3.04. The van der Waals surface area contributed by atoms with Crippen molar-refractivity contribution in [3.63, 3.8) is 0 Å². The van der Waals surface area contributed by atoms with Gasteiger partial charge in [-0.15, -0.1) is 11.3 Å². The quantitative estimate of drug-likeness (QED) is 0.699. The number of hydrogen-bond acceptors (Lipinski definition) is 6. The van der Waals surface area contributed by atoms with Gasteiger partial charge in [0.2, 0.25) is 10.0 Å². The fraction of sp³-hybridized carbons (Fsp3) is 0.125. The Balaban J connectivity index is 1.58. The summed E-state index contributed by atoms with van der Waals surface area (Å²) in [5.74, 6) is 0.491. The van der Waals surface area contributed by atoms with Crippen LogP contribution in [0.4, 0.5) is 5.13 Å². The first kappa shape index (κ1) is 16.4. The van der Waals surface area contributed by atoms with Gasteiger partial charge in [0.05, 0.1) is 5.69 Å². The topological polar surface area (TPSA) is 81.2 Å². The zero-order chi connectivity index (χ0) is 16.8. The minimum atomic E-state index is -3.52. The lowest BCUT2D eigenvalue weighted by molar-refractivity contribution is 0.341. The third-order valence-electron chi connectivity index (χ3n) is 3.07. The molecule has 2 aromatic heterocycles. The Morgan fingerprint density at radius 3 is 2.71 bits per heavy atom. The molecule has 0 atom stereocenters. The molecule has 0 aliphatic carbocycles. The molecule has 2 heterocycles. The zero-order valence-corrected chi connectivity index (χ0v) is 14.3. The molecule has 24 heavy (non-hydrogen) atoms. The van der Waals surface area contributed by atoms with E-state index in [0.717, 1.165) is 5.56 Å². The molecule has 0 saturated carbocycles. The molecule has 0 amide bonds. The third-order valence-corrected chi connectivity index (χ3v) is 5.16. The molecule has 8 heteroatoms. The maximum Gasteiger partial charge on any atom is 0.237 e. The van der Waals surface area contributed by atoms with Crippen molar-refractivity contribution in [3.05, 3.63) is 60.2 Å². The van der Waals surface area contributed by atoms with Crippen LogP contribution in [0.1, 0.15) is 0 Å². The number of benzene rings is 1. The first-order valence-electron chi connectivity index (χ1n) is 7.17. The lowest BCUT2D eigenvalue weighted by Gasteiger charge is -2.07. The van der Waals surface area contributed by atoms with Gasteiger partial charge in [-0.25, -0.2) is 13.4 Å². The molecule has 0 aliphatic heterocycles. The molecule has 6 nitrogen and oxygen atoms in total. The number of para-hydroxylation sites is 1. The molecule has 0 aliphatic rings. The number of sulfonamides is 1. The van der Waals surface area contributed by atoms with Gasteiger partial charge in [-0.3, -0.25) is 9.71 Å². The van der Waals surface area contributed by atoms with Crippen LogP contribution in [0.5, 0.6) is 5.75 Å². The van der Waals surface area contributed by atoms with Crippen LogP contribution >= 0.6 is 11.3 Å². The van der Waals surface area contributed by atoms with Gasteiger partial charge in [-0.05, 0) is 24.3 Å². The molecule has 0 unspecified atom stereocenters. The first-order chi connectivity index (χ1) is 11.6. The summed E-state index contributed by atoms with van der Waals surface area (Å²) in [5, 5.41) is 2.11. The number of nitrogens with zero attached hydrogens (tertiary/aromatic N) is 2. The minimum Gasteiger partial charge on any atom is -0.492 e. The van der Waals surface area contributed by atoms with E-state index >= 15 is 0 Å². The van der Waals surface area contributed by atoms with Crippen LogP contribution in [-0.4, -0.2) is 30.7 Å². The van der Waals surface area contributed by atoms with Crippen molar-refractivity contribution in [2.75, 3.05) is 17.1 Å². The van der Waals surface area contributed by atoms with Crippen LogP contribution in [0, 0.1) is 0 Å². The normalized spacial score (nSPS) is 11.2. The van der Waals surface area contributed by atoms with E-state index in [1.807, 2.05) is 24.3 Å². The molecule has 124 valence electrons. The largest absolute Gasteiger partial charge is 0.492 e. The Labute approximate surface area is 144 Å². The Morgan fingerprint density at radius 1 is 1.12 bits per heavy atom. The summed E-state index contributed by atoms with van der Waals surface area (Å²) in [7, 11) is -3.52. The third kappa shape index (κ3) is 4.53. The van der Waals surface area contributed by atoms with Gasteiger partial charge in [0.1, 0.15) is 18.1 Å². The van der Waals surface area contributed by atoms with E-state index in [2.05, 4.69) is 14.7 Å². The molecule has 1 N–H and O–H groups in total. The van der Waals surface area contributed by atoms with Crippen molar-refractivity contribution >= 4 is 26.5 Å². The average molecular weight is 361 g/mol. The first-order valence-corrected chi connectivity index (χ1v) is 9.70. The lowest BCUT2D eigenvalue weighted by atomic mass is 10.2. The van der Waals surface area contributed by atoms with Gasteiger partial charge >= 0.3 is 0 Å². The van der Waals surface area contributed by atoms with E-state index < -0.39 is 10.0 Å². The zero-order valence-electron chi connectivity index (χ0n) is 12.6. The fourth-order valence-electron chi connectivity index (χ4n) is 1.94. The number of nitrogens with one attached hydrogen (secondary N) is 1. The number of thiazole rings is 1.